The van der Waals surface area contributed by atoms with Crippen molar-refractivity contribution in [2.75, 3.05) is 60.6 Å². The average molecular weight is 333 g/mol. The molecule has 2 rings (SSSR count). The number of hydrogen-bond donors (Lipinski definition) is 0. The summed E-state index contributed by atoms with van der Waals surface area (Å²) in [6.07, 6.45) is 2.32. The highest BCUT2D eigenvalue weighted by molar-refractivity contribution is 7.55. The number of rotatable bonds is 5. The van der Waals surface area contributed by atoms with Crippen LogP contribution in [-0.2, 0) is 13.8 Å². The fourth-order valence-corrected chi connectivity index (χ4v) is 4.97. The van der Waals surface area contributed by atoms with Crippen LogP contribution in [-0.4, -0.2) is 93.3 Å². The van der Waals surface area contributed by atoms with E-state index in [1.165, 1.54) is 0 Å². The van der Waals surface area contributed by atoms with Gasteiger partial charge in [-0.3, -0.25) is 4.57 Å². The Balaban J connectivity index is 1.80. The minimum absolute atomic E-state index is 0.0151. The Labute approximate surface area is 135 Å². The van der Waals surface area contributed by atoms with E-state index in [9.17, 15) is 4.57 Å². The standard InChI is InChI=1S/C15H32N3O3P/c1-13-10-17(4)11-15(21-13)12-20-22(5,19)18-8-6-14(7-9-18)16(2)3/h13-15H,6-12H2,1-5H3. The van der Waals surface area contributed by atoms with Crippen LogP contribution in [0.1, 0.15) is 19.8 Å². The van der Waals surface area contributed by atoms with E-state index in [1.54, 1.807) is 6.66 Å². The van der Waals surface area contributed by atoms with E-state index in [1.807, 2.05) is 4.67 Å². The molecular weight excluding hydrogens is 301 g/mol. The van der Waals surface area contributed by atoms with Gasteiger partial charge in [0.15, 0.2) is 0 Å². The maximum absolute atomic E-state index is 12.9. The molecule has 22 heavy (non-hydrogen) atoms. The van der Waals surface area contributed by atoms with Gasteiger partial charge < -0.3 is 19.1 Å². The van der Waals surface area contributed by atoms with E-state index in [4.69, 9.17) is 9.26 Å². The third-order valence-electron chi connectivity index (χ3n) is 4.69. The SMILES string of the molecule is CC1CN(C)CC(COP(C)(=O)N2CCC(N(C)C)CC2)O1. The van der Waals surface area contributed by atoms with Crippen LogP contribution in [0.25, 0.3) is 0 Å². The molecular formula is C15H32N3O3P. The van der Waals surface area contributed by atoms with Crippen molar-refractivity contribution >= 4 is 7.52 Å². The number of nitrogens with zero attached hydrogens (tertiary/aromatic N) is 3. The second-order valence-corrected chi connectivity index (χ2v) is 9.47. The molecule has 7 heteroatoms. The molecule has 130 valence electrons. The predicted molar refractivity (Wildman–Crippen MR) is 89.6 cm³/mol. The summed E-state index contributed by atoms with van der Waals surface area (Å²) in [5.74, 6) is 0. The van der Waals surface area contributed by atoms with Crippen molar-refractivity contribution in [3.63, 3.8) is 0 Å². The molecule has 2 saturated heterocycles. The third-order valence-corrected chi connectivity index (χ3v) is 6.75. The lowest BCUT2D eigenvalue weighted by Gasteiger charge is -2.39. The summed E-state index contributed by atoms with van der Waals surface area (Å²) in [6, 6.07) is 0.590. The molecule has 0 aromatic heterocycles. The van der Waals surface area contributed by atoms with Crippen molar-refractivity contribution < 1.29 is 13.8 Å². The van der Waals surface area contributed by atoms with Gasteiger partial charge >= 0.3 is 0 Å². The quantitative estimate of drug-likeness (QED) is 0.712. The summed E-state index contributed by atoms with van der Waals surface area (Å²) < 4.78 is 26.6. The van der Waals surface area contributed by atoms with E-state index in [0.29, 0.717) is 12.6 Å². The van der Waals surface area contributed by atoms with E-state index in [2.05, 4.69) is 37.9 Å². The van der Waals surface area contributed by atoms with Crippen molar-refractivity contribution in [3.8, 4) is 0 Å². The Morgan fingerprint density at radius 1 is 1.27 bits per heavy atom. The Bertz CT molecular complexity index is 389. The molecule has 0 bridgehead atoms. The van der Waals surface area contributed by atoms with Crippen LogP contribution in [0.2, 0.25) is 0 Å². The molecule has 0 aromatic rings. The van der Waals surface area contributed by atoms with Gasteiger partial charge in [-0.15, -0.1) is 0 Å². The van der Waals surface area contributed by atoms with Gasteiger partial charge in [0.05, 0.1) is 18.8 Å². The van der Waals surface area contributed by atoms with Crippen molar-refractivity contribution in [2.45, 2.75) is 38.0 Å². The Hall–Kier alpha value is 0.0300. The first-order valence-electron chi connectivity index (χ1n) is 8.26. The predicted octanol–water partition coefficient (Wildman–Crippen LogP) is 1.57. The van der Waals surface area contributed by atoms with Crippen molar-refractivity contribution in [2.24, 2.45) is 0 Å². The minimum Gasteiger partial charge on any atom is -0.370 e. The van der Waals surface area contributed by atoms with Crippen LogP contribution in [0.4, 0.5) is 0 Å². The molecule has 3 unspecified atom stereocenters. The molecule has 0 spiro atoms. The number of morpholine rings is 1. The lowest BCUT2D eigenvalue weighted by molar-refractivity contribution is -0.0854. The smallest absolute Gasteiger partial charge is 0.269 e. The molecule has 3 atom stereocenters. The molecule has 2 heterocycles. The van der Waals surface area contributed by atoms with Gasteiger partial charge in [0, 0.05) is 38.9 Å². The monoisotopic (exact) mass is 333 g/mol. The van der Waals surface area contributed by atoms with Crippen molar-refractivity contribution in [1.82, 2.24) is 14.5 Å². The maximum Gasteiger partial charge on any atom is 0.269 e. The van der Waals surface area contributed by atoms with Gasteiger partial charge in [0.25, 0.3) is 7.52 Å². The lowest BCUT2D eigenvalue weighted by Crippen LogP contribution is -2.46. The van der Waals surface area contributed by atoms with Crippen LogP contribution in [0.15, 0.2) is 0 Å². The van der Waals surface area contributed by atoms with Gasteiger partial charge in [0.1, 0.15) is 0 Å². The first kappa shape index (κ1) is 18.4. The highest BCUT2D eigenvalue weighted by atomic mass is 31.2. The first-order valence-corrected chi connectivity index (χ1v) is 10.3. The zero-order valence-corrected chi connectivity index (χ0v) is 15.6. The third kappa shape index (κ3) is 5.02. The number of piperidine rings is 1. The Kier molecular flexibility index (Phi) is 6.46. The first-order chi connectivity index (χ1) is 10.3. The van der Waals surface area contributed by atoms with Gasteiger partial charge in [-0.25, -0.2) is 4.67 Å². The van der Waals surface area contributed by atoms with Crippen molar-refractivity contribution in [1.29, 1.82) is 0 Å². The van der Waals surface area contributed by atoms with Crippen LogP contribution in [0.5, 0.6) is 0 Å². The molecule has 0 saturated carbocycles. The molecule has 0 N–H and O–H groups in total. The summed E-state index contributed by atoms with van der Waals surface area (Å²) >= 11 is 0. The van der Waals surface area contributed by atoms with Crippen LogP contribution in [0.3, 0.4) is 0 Å². The molecule has 2 aliphatic rings. The average Bonchev–Trinajstić information content (AvgIpc) is 2.44. The molecule has 2 fully saturated rings. The largest absolute Gasteiger partial charge is 0.370 e. The summed E-state index contributed by atoms with van der Waals surface area (Å²) in [5.41, 5.74) is 0. The molecule has 0 amide bonds. The van der Waals surface area contributed by atoms with E-state index >= 15 is 0 Å². The van der Waals surface area contributed by atoms with Gasteiger partial charge in [-0.05, 0) is 40.9 Å². The Morgan fingerprint density at radius 3 is 2.45 bits per heavy atom. The maximum atomic E-state index is 12.9. The van der Waals surface area contributed by atoms with Crippen molar-refractivity contribution in [3.05, 3.63) is 0 Å². The Morgan fingerprint density at radius 2 is 1.91 bits per heavy atom. The van der Waals surface area contributed by atoms with E-state index in [0.717, 1.165) is 39.0 Å². The van der Waals surface area contributed by atoms with Gasteiger partial charge in [-0.1, -0.05) is 0 Å². The minimum atomic E-state index is -2.71. The molecule has 6 nitrogen and oxygen atoms in total. The van der Waals surface area contributed by atoms with Gasteiger partial charge in [0.2, 0.25) is 0 Å². The normalized spacial score (nSPS) is 32.3. The topological polar surface area (TPSA) is 45.2 Å². The molecule has 0 radical (unpaired) electrons. The highest BCUT2D eigenvalue weighted by Gasteiger charge is 2.33. The number of hydrogen-bond acceptors (Lipinski definition) is 5. The van der Waals surface area contributed by atoms with Gasteiger partial charge in [-0.2, -0.15) is 0 Å². The van der Waals surface area contributed by atoms with E-state index in [-0.39, 0.29) is 12.2 Å². The summed E-state index contributed by atoms with van der Waals surface area (Å²) in [6.45, 7) is 7.71. The second kappa shape index (κ2) is 7.73. The molecule has 2 aliphatic heterocycles. The fraction of sp³-hybridized carbons (Fsp3) is 1.00. The molecule has 0 aromatic carbocycles. The zero-order chi connectivity index (χ0) is 16.3. The number of ether oxygens (including phenoxy) is 1. The van der Waals surface area contributed by atoms with Crippen LogP contribution >= 0.6 is 7.52 Å². The van der Waals surface area contributed by atoms with E-state index < -0.39 is 7.52 Å². The summed E-state index contributed by atoms with van der Waals surface area (Å²) in [5, 5.41) is 0. The molecule has 0 aliphatic carbocycles. The zero-order valence-electron chi connectivity index (χ0n) is 14.7. The lowest BCUT2D eigenvalue weighted by atomic mass is 10.1. The summed E-state index contributed by atoms with van der Waals surface area (Å²) in [4.78, 5) is 4.50. The highest BCUT2D eigenvalue weighted by Crippen LogP contribution is 2.48. The fourth-order valence-electron chi connectivity index (χ4n) is 3.40. The number of likely N-dealkylation sites (N-methyl/N-ethyl adjacent to an activating group) is 1. The van der Waals surface area contributed by atoms with Crippen LogP contribution < -0.4 is 0 Å². The second-order valence-electron chi connectivity index (χ2n) is 7.04. The van der Waals surface area contributed by atoms with Crippen LogP contribution in [0, 0.1) is 0 Å². The summed E-state index contributed by atoms with van der Waals surface area (Å²) in [7, 11) is 3.60.